The quantitative estimate of drug-likeness (QED) is 0.0505. The van der Waals surface area contributed by atoms with Crippen molar-refractivity contribution in [2.45, 2.75) is 107 Å². The number of fused-ring (bicyclic) bond motifs is 6. The maximum atomic E-state index is 15.6. The first-order chi connectivity index (χ1) is 39.8. The van der Waals surface area contributed by atoms with Crippen molar-refractivity contribution < 1.29 is 71.4 Å². The summed E-state index contributed by atoms with van der Waals surface area (Å²) in [7, 11) is 10.7. The van der Waals surface area contributed by atoms with Crippen LogP contribution in [0.4, 0.5) is 37.1 Å². The van der Waals surface area contributed by atoms with Crippen molar-refractivity contribution in [1.29, 1.82) is 0 Å². The molecule has 4 aliphatic heterocycles. The second-order valence-electron chi connectivity index (χ2n) is 21.4. The van der Waals surface area contributed by atoms with E-state index in [2.05, 4.69) is 42.6 Å². The second-order valence-corrected chi connectivity index (χ2v) is 22.8. The van der Waals surface area contributed by atoms with Crippen LogP contribution in [0.15, 0.2) is 60.6 Å². The molecule has 3 fully saturated rings. The SMILES string of the molecule is C=C(COC(=O)SCCC(=O)N(C)[C@@H](C)C(=O)O[C@H]1CC(=O)N(C)c2cc(cc(OC)c2Cl)C/C(C)=C/C=C/[C@@H](OC)[C@@]2(O)C[C@H](OC(=O)N2)[C@@H](C)[C@@H]2O[C@@]12C)C(=O)N[C@@H]1CN(c2nc(Nc3cn(C)nc3OC)c3ncn(C)c3n2)C[C@H]1F. The molecule has 454 valence electrons. The van der Waals surface area contributed by atoms with E-state index in [0.717, 1.165) is 16.0 Å². The number of epoxide rings is 1. The molecule has 4 aliphatic rings. The zero-order valence-corrected chi connectivity index (χ0v) is 50.0. The second kappa shape index (κ2) is 25.8. The zero-order valence-electron chi connectivity index (χ0n) is 48.5. The molecule has 1 aromatic carbocycles. The lowest BCUT2D eigenvalue weighted by atomic mass is 9.83. The Kier molecular flexibility index (Phi) is 19.2. The van der Waals surface area contributed by atoms with Gasteiger partial charge in [0.05, 0.1) is 57.5 Å². The predicted molar refractivity (Wildman–Crippen MR) is 307 cm³/mol. The van der Waals surface area contributed by atoms with E-state index < -0.39 is 108 Å². The molecule has 0 saturated carbocycles. The minimum absolute atomic E-state index is 0.00137. The van der Waals surface area contributed by atoms with Crippen LogP contribution < -0.4 is 35.2 Å². The first-order valence-electron chi connectivity index (χ1n) is 26.8. The van der Waals surface area contributed by atoms with Gasteiger partial charge in [-0.15, -0.1) is 5.10 Å². The number of amides is 4. The number of rotatable bonds is 16. The number of alkyl carbamates (subject to hydrolysis) is 1. The molecule has 4 N–H and O–H groups in total. The number of ether oxygens (including phenoxy) is 7. The standard InChI is InChI=1S/C55H70ClFN12O14S/c1-28-14-13-15-39(78-11)55(76)22-38(81-52(74)63-55)30(3)45-54(5,83-45)40(21-42(71)68(9)36-19-32(18-28)20-37(77-10)43(36)56)82-50(73)31(4)67(8)41(70)16-17-84-53(75)80-26-29(2)48(72)60-34-25-69(23-33(34)57)51-61-46(44-47(62-51)65(6)27-58-44)59-35-24-66(7)64-49(35)79-12/h13-15,19-20,24,27,30-31,33-34,38-40,45,76H,2,16-18,21-23,25-26H2,1,3-12H3,(H,60,72)(H,63,74)(H,59,61,62)/b15-13+,28-14+/t30-,31+,33-,34-,38+,39-,40+,45+,54+,55+/m1/s1. The average molecular weight is 1210 g/mol. The van der Waals surface area contributed by atoms with E-state index >= 15 is 4.39 Å². The lowest BCUT2D eigenvalue weighted by Crippen LogP contribution is -2.63. The third-order valence-electron chi connectivity index (χ3n) is 15.4. The summed E-state index contributed by atoms with van der Waals surface area (Å²) in [6.45, 7) is 9.78. The van der Waals surface area contributed by atoms with Crippen LogP contribution in [0.3, 0.4) is 0 Å². The number of aliphatic hydroxyl groups is 1. The number of hydrogen-bond acceptors (Lipinski definition) is 21. The number of nitrogens with one attached hydrogen (secondary N) is 3. The average Bonchev–Trinajstić information content (AvgIpc) is 3.91. The Morgan fingerprint density at radius 3 is 2.58 bits per heavy atom. The van der Waals surface area contributed by atoms with Crippen LogP contribution in [0.25, 0.3) is 11.2 Å². The number of benzene rings is 1. The highest BCUT2D eigenvalue weighted by Gasteiger charge is 2.64. The van der Waals surface area contributed by atoms with Crippen LogP contribution in [-0.4, -0.2) is 189 Å². The highest BCUT2D eigenvalue weighted by Crippen LogP contribution is 2.49. The fourth-order valence-electron chi connectivity index (χ4n) is 10.3. The molecule has 0 spiro atoms. The van der Waals surface area contributed by atoms with E-state index in [-0.39, 0.29) is 48.2 Å². The number of imidazole rings is 1. The molecule has 26 nitrogen and oxygen atoms in total. The number of carbonyl (C=O) groups excluding carboxylic acids is 6. The maximum Gasteiger partial charge on any atom is 0.409 e. The van der Waals surface area contributed by atoms with Gasteiger partial charge in [-0.3, -0.25) is 24.4 Å². The van der Waals surface area contributed by atoms with E-state index in [1.807, 2.05) is 13.0 Å². The van der Waals surface area contributed by atoms with Crippen molar-refractivity contribution in [1.82, 2.24) is 44.8 Å². The fraction of sp³-hybridized carbons (Fsp3) is 0.527. The van der Waals surface area contributed by atoms with E-state index in [1.54, 1.807) is 78.9 Å². The van der Waals surface area contributed by atoms with Gasteiger partial charge >= 0.3 is 17.4 Å². The van der Waals surface area contributed by atoms with Crippen LogP contribution >= 0.6 is 23.4 Å². The Morgan fingerprint density at radius 2 is 1.87 bits per heavy atom. The lowest BCUT2D eigenvalue weighted by molar-refractivity contribution is -0.162. The number of aromatic nitrogens is 6. The van der Waals surface area contributed by atoms with Gasteiger partial charge in [0.25, 0.3) is 5.88 Å². The van der Waals surface area contributed by atoms with Gasteiger partial charge in [-0.2, -0.15) is 9.97 Å². The van der Waals surface area contributed by atoms with Crippen LogP contribution in [0.1, 0.15) is 52.5 Å². The molecule has 0 radical (unpaired) electrons. The molecular weight excluding hydrogens is 1140 g/mol. The van der Waals surface area contributed by atoms with Crippen LogP contribution in [0.5, 0.6) is 11.6 Å². The van der Waals surface area contributed by atoms with Crippen molar-refractivity contribution in [3.05, 3.63) is 71.2 Å². The zero-order chi connectivity index (χ0) is 61.1. The summed E-state index contributed by atoms with van der Waals surface area (Å²) in [5.41, 5.74) is -0.0289. The van der Waals surface area contributed by atoms with Gasteiger partial charge in [0.1, 0.15) is 59.2 Å². The van der Waals surface area contributed by atoms with Crippen molar-refractivity contribution in [3.63, 3.8) is 0 Å². The number of halogens is 2. The normalized spacial score (nSPS) is 26.6. The van der Waals surface area contributed by atoms with Crippen molar-refractivity contribution in [3.8, 4) is 11.6 Å². The topological polar surface area (TPSA) is 298 Å². The Labute approximate surface area is 493 Å². The number of allylic oxidation sites excluding steroid dienone is 3. The van der Waals surface area contributed by atoms with Crippen molar-refractivity contribution >= 4 is 92.8 Å². The number of aryl methyl sites for hydroxylation is 2. The largest absolute Gasteiger partial charge is 0.495 e. The first-order valence-corrected chi connectivity index (χ1v) is 28.2. The summed E-state index contributed by atoms with van der Waals surface area (Å²) in [4.78, 5) is 98.9. The van der Waals surface area contributed by atoms with E-state index in [0.29, 0.717) is 58.2 Å². The van der Waals surface area contributed by atoms with Crippen molar-refractivity contribution in [2.24, 2.45) is 20.0 Å². The van der Waals surface area contributed by atoms with Gasteiger partial charge in [0.15, 0.2) is 22.7 Å². The van der Waals surface area contributed by atoms with Gasteiger partial charge < -0.3 is 68.2 Å². The van der Waals surface area contributed by atoms with Gasteiger partial charge in [-0.1, -0.05) is 48.9 Å². The molecule has 10 atom stereocenters. The molecule has 0 unspecified atom stereocenters. The first kappa shape index (κ1) is 62.5. The number of likely N-dealkylation sites (N-methyl/N-ethyl adjacent to an activating group) is 1. The molecule has 4 bridgehead atoms. The number of esters is 1. The van der Waals surface area contributed by atoms with E-state index in [4.69, 9.17) is 44.8 Å². The third kappa shape index (κ3) is 13.7. The van der Waals surface area contributed by atoms with Gasteiger partial charge in [-0.25, -0.2) is 23.8 Å². The highest BCUT2D eigenvalue weighted by molar-refractivity contribution is 8.13. The summed E-state index contributed by atoms with van der Waals surface area (Å²) in [5, 5.41) is 23.8. The monoisotopic (exact) mass is 1210 g/mol. The van der Waals surface area contributed by atoms with Crippen LogP contribution in [0, 0.1) is 5.92 Å². The molecule has 4 amide bonds. The minimum atomic E-state index is -1.90. The van der Waals surface area contributed by atoms with Gasteiger partial charge in [0.2, 0.25) is 23.7 Å². The Hall–Kier alpha value is -7.53. The Morgan fingerprint density at radius 1 is 1.12 bits per heavy atom. The summed E-state index contributed by atoms with van der Waals surface area (Å²) in [6.07, 6.45) is 1.63. The summed E-state index contributed by atoms with van der Waals surface area (Å²) in [5.74, 6) is -2.27. The van der Waals surface area contributed by atoms with E-state index in [1.165, 1.54) is 47.2 Å². The molecule has 0 aliphatic carbocycles. The number of nitrogens with zero attached hydrogens (tertiary/aromatic N) is 9. The number of alkyl halides is 1. The number of methoxy groups -OCH3 is 3. The Bertz CT molecular complexity index is 3270. The summed E-state index contributed by atoms with van der Waals surface area (Å²) in [6, 6.07) is 1.29. The molecular formula is C55H70ClFN12O14S. The number of carbonyl (C=O) groups is 6. The van der Waals surface area contributed by atoms with E-state index in [9.17, 15) is 33.9 Å². The smallest absolute Gasteiger partial charge is 0.409 e. The number of hydrogen-bond donors (Lipinski definition) is 4. The molecule has 3 saturated heterocycles. The van der Waals surface area contributed by atoms with Crippen LogP contribution in [-0.2, 0) is 63.4 Å². The molecule has 4 aromatic rings. The van der Waals surface area contributed by atoms with Gasteiger partial charge in [-0.05, 0) is 56.7 Å². The Balaban J connectivity index is 0.860. The van der Waals surface area contributed by atoms with Crippen LogP contribution in [0.2, 0.25) is 5.02 Å². The summed E-state index contributed by atoms with van der Waals surface area (Å²) < 4.78 is 58.8. The third-order valence-corrected chi connectivity index (χ3v) is 16.5. The minimum Gasteiger partial charge on any atom is -0.495 e. The lowest BCUT2D eigenvalue weighted by Gasteiger charge is -2.42. The molecule has 3 aromatic heterocycles. The van der Waals surface area contributed by atoms with Gasteiger partial charge in [0, 0.05) is 71.9 Å². The predicted octanol–water partition coefficient (Wildman–Crippen LogP) is 4.84. The molecule has 84 heavy (non-hydrogen) atoms. The van der Waals surface area contributed by atoms with Crippen molar-refractivity contribution in [2.75, 3.05) is 76.0 Å². The molecule has 29 heteroatoms. The highest BCUT2D eigenvalue weighted by atomic mass is 35.5. The summed E-state index contributed by atoms with van der Waals surface area (Å²) >= 11 is 7.47. The molecule has 7 heterocycles. The fourth-order valence-corrected chi connectivity index (χ4v) is 11.2. The maximum absolute atomic E-state index is 15.6. The number of anilines is 4. The number of thioether (sulfide) groups is 1. The molecule has 8 rings (SSSR count).